The normalized spacial score (nSPS) is 16.7. The molecule has 1 atom stereocenters. The molecule has 20 heavy (non-hydrogen) atoms. The van der Waals surface area contributed by atoms with Crippen LogP contribution >= 0.6 is 0 Å². The maximum atomic E-state index is 11.5. The molecule has 2 rings (SSSR count). The minimum Gasteiger partial charge on any atom is -0.491 e. The van der Waals surface area contributed by atoms with Crippen LogP contribution in [0.3, 0.4) is 0 Å². The molecule has 0 bridgehead atoms. The summed E-state index contributed by atoms with van der Waals surface area (Å²) in [6, 6.07) is 6.13. The van der Waals surface area contributed by atoms with Crippen LogP contribution in [0.25, 0.3) is 0 Å². The molecule has 0 aromatic heterocycles. The van der Waals surface area contributed by atoms with Crippen LogP contribution < -0.4 is 10.1 Å². The first-order valence-corrected chi connectivity index (χ1v) is 7.30. The number of carbonyl (C=O) groups excluding carboxylic acids is 1. The van der Waals surface area contributed by atoms with E-state index in [0.29, 0.717) is 18.9 Å². The van der Waals surface area contributed by atoms with Gasteiger partial charge < -0.3 is 14.8 Å². The Morgan fingerprint density at radius 1 is 1.45 bits per heavy atom. The number of nitrogens with one attached hydrogen (secondary N) is 1. The fourth-order valence-corrected chi connectivity index (χ4v) is 2.51. The predicted molar refractivity (Wildman–Crippen MR) is 79.3 cm³/mol. The van der Waals surface area contributed by atoms with Gasteiger partial charge in [-0.15, -0.1) is 0 Å². The van der Waals surface area contributed by atoms with Gasteiger partial charge in [0.05, 0.1) is 12.7 Å². The maximum absolute atomic E-state index is 11.5. The highest BCUT2D eigenvalue weighted by atomic mass is 16.5. The maximum Gasteiger partial charge on any atom is 0.305 e. The number of rotatable bonds is 6. The molecule has 1 heterocycles. The summed E-state index contributed by atoms with van der Waals surface area (Å²) in [6.45, 7) is 7.19. The van der Waals surface area contributed by atoms with Crippen LogP contribution in [0.2, 0.25) is 0 Å². The molecule has 0 spiro atoms. The van der Waals surface area contributed by atoms with E-state index < -0.39 is 0 Å². The summed E-state index contributed by atoms with van der Waals surface area (Å²) in [7, 11) is 0. The van der Waals surface area contributed by atoms with Crippen molar-refractivity contribution in [1.29, 1.82) is 0 Å². The van der Waals surface area contributed by atoms with E-state index in [-0.39, 0.29) is 12.1 Å². The van der Waals surface area contributed by atoms with Gasteiger partial charge in [0.1, 0.15) is 5.75 Å². The SMILES string of the molecule is CCOC(=O)CCC1CNc2ccc(OC(C)C)cc21. The molecule has 0 saturated carbocycles. The second-order valence-corrected chi connectivity index (χ2v) is 5.34. The average molecular weight is 277 g/mol. The Kier molecular flexibility index (Phi) is 4.88. The van der Waals surface area contributed by atoms with Crippen molar-refractivity contribution in [3.63, 3.8) is 0 Å². The number of carbonyl (C=O) groups is 1. The monoisotopic (exact) mass is 277 g/mol. The number of esters is 1. The van der Waals surface area contributed by atoms with Crippen LogP contribution in [0, 0.1) is 0 Å². The van der Waals surface area contributed by atoms with E-state index in [1.807, 2.05) is 26.8 Å². The van der Waals surface area contributed by atoms with Gasteiger partial charge in [0, 0.05) is 24.6 Å². The van der Waals surface area contributed by atoms with Crippen LogP contribution in [0.1, 0.15) is 45.1 Å². The summed E-state index contributed by atoms with van der Waals surface area (Å²) in [5.41, 5.74) is 2.39. The molecule has 1 N–H and O–H groups in total. The van der Waals surface area contributed by atoms with Gasteiger partial charge in [0.2, 0.25) is 0 Å². The molecule has 0 saturated heterocycles. The van der Waals surface area contributed by atoms with Crippen molar-refractivity contribution >= 4 is 11.7 Å². The average Bonchev–Trinajstić information content (AvgIpc) is 2.78. The van der Waals surface area contributed by atoms with E-state index in [1.165, 1.54) is 5.56 Å². The molecule has 0 fully saturated rings. The van der Waals surface area contributed by atoms with E-state index >= 15 is 0 Å². The highest BCUT2D eigenvalue weighted by molar-refractivity contribution is 5.69. The topological polar surface area (TPSA) is 47.6 Å². The lowest BCUT2D eigenvalue weighted by atomic mass is 9.96. The van der Waals surface area contributed by atoms with Crippen molar-refractivity contribution in [2.24, 2.45) is 0 Å². The van der Waals surface area contributed by atoms with Gasteiger partial charge in [-0.1, -0.05) is 0 Å². The van der Waals surface area contributed by atoms with E-state index in [4.69, 9.17) is 9.47 Å². The van der Waals surface area contributed by atoms with Crippen molar-refractivity contribution < 1.29 is 14.3 Å². The highest BCUT2D eigenvalue weighted by Gasteiger charge is 2.23. The molecule has 0 amide bonds. The van der Waals surface area contributed by atoms with Gasteiger partial charge in [0.25, 0.3) is 0 Å². The molecule has 1 aliphatic rings. The molecule has 110 valence electrons. The lowest BCUT2D eigenvalue weighted by molar-refractivity contribution is -0.143. The Morgan fingerprint density at radius 3 is 2.95 bits per heavy atom. The smallest absolute Gasteiger partial charge is 0.305 e. The van der Waals surface area contributed by atoms with E-state index in [2.05, 4.69) is 17.4 Å². The molecule has 0 aliphatic carbocycles. The van der Waals surface area contributed by atoms with Gasteiger partial charge in [-0.3, -0.25) is 4.79 Å². The molecule has 1 unspecified atom stereocenters. The van der Waals surface area contributed by atoms with Crippen LogP contribution in [-0.4, -0.2) is 25.2 Å². The molecule has 1 aromatic rings. The van der Waals surface area contributed by atoms with Crippen LogP contribution in [-0.2, 0) is 9.53 Å². The Labute approximate surface area is 120 Å². The van der Waals surface area contributed by atoms with Gasteiger partial charge in [-0.05, 0) is 51.0 Å². The third-order valence-electron chi connectivity index (χ3n) is 3.38. The Bertz CT molecular complexity index is 471. The second-order valence-electron chi connectivity index (χ2n) is 5.34. The zero-order chi connectivity index (χ0) is 14.5. The first-order valence-electron chi connectivity index (χ1n) is 7.30. The summed E-state index contributed by atoms with van der Waals surface area (Å²) in [5, 5.41) is 3.38. The number of anilines is 1. The first-order chi connectivity index (χ1) is 9.60. The first kappa shape index (κ1) is 14.7. The fourth-order valence-electron chi connectivity index (χ4n) is 2.51. The molecule has 4 nitrogen and oxygen atoms in total. The predicted octanol–water partition coefficient (Wildman–Crippen LogP) is 3.33. The molecular formula is C16H23NO3. The summed E-state index contributed by atoms with van der Waals surface area (Å²) >= 11 is 0. The van der Waals surface area contributed by atoms with E-state index in [0.717, 1.165) is 24.4 Å². The number of hydrogen-bond donors (Lipinski definition) is 1. The van der Waals surface area contributed by atoms with Crippen LogP contribution in [0.15, 0.2) is 18.2 Å². The molecule has 1 aromatic carbocycles. The number of fused-ring (bicyclic) bond motifs is 1. The third-order valence-corrected chi connectivity index (χ3v) is 3.38. The molecular weight excluding hydrogens is 254 g/mol. The van der Waals surface area contributed by atoms with Gasteiger partial charge in [-0.2, -0.15) is 0 Å². The van der Waals surface area contributed by atoms with Crippen LogP contribution in [0.4, 0.5) is 5.69 Å². The standard InChI is InChI=1S/C16H23NO3/c1-4-19-16(18)8-5-12-10-17-15-7-6-13(9-14(12)15)20-11(2)3/h6-7,9,11-12,17H,4-5,8,10H2,1-3H3. The highest BCUT2D eigenvalue weighted by Crippen LogP contribution is 2.37. The Balaban J connectivity index is 2.01. The number of ether oxygens (including phenoxy) is 2. The number of hydrogen-bond acceptors (Lipinski definition) is 4. The zero-order valence-electron chi connectivity index (χ0n) is 12.4. The Morgan fingerprint density at radius 2 is 2.25 bits per heavy atom. The van der Waals surface area contributed by atoms with E-state index in [9.17, 15) is 4.79 Å². The molecule has 4 heteroatoms. The largest absolute Gasteiger partial charge is 0.491 e. The zero-order valence-corrected chi connectivity index (χ0v) is 12.4. The van der Waals surface area contributed by atoms with Crippen molar-refractivity contribution in [2.45, 2.75) is 45.6 Å². The lowest BCUT2D eigenvalue weighted by Crippen LogP contribution is -2.09. The summed E-state index contributed by atoms with van der Waals surface area (Å²) in [4.78, 5) is 11.5. The minimum absolute atomic E-state index is 0.115. The quantitative estimate of drug-likeness (QED) is 0.810. The molecule has 1 aliphatic heterocycles. The molecule has 0 radical (unpaired) electrons. The summed E-state index contributed by atoms with van der Waals surface area (Å²) in [6.07, 6.45) is 1.44. The van der Waals surface area contributed by atoms with Gasteiger partial charge in [-0.25, -0.2) is 0 Å². The van der Waals surface area contributed by atoms with Crippen molar-refractivity contribution in [3.05, 3.63) is 23.8 Å². The van der Waals surface area contributed by atoms with Gasteiger partial charge >= 0.3 is 5.97 Å². The Hall–Kier alpha value is -1.71. The van der Waals surface area contributed by atoms with E-state index in [1.54, 1.807) is 0 Å². The fraction of sp³-hybridized carbons (Fsp3) is 0.562. The van der Waals surface area contributed by atoms with Crippen molar-refractivity contribution in [1.82, 2.24) is 0 Å². The lowest BCUT2D eigenvalue weighted by Gasteiger charge is -2.13. The van der Waals surface area contributed by atoms with Crippen molar-refractivity contribution in [3.8, 4) is 5.75 Å². The van der Waals surface area contributed by atoms with Gasteiger partial charge in [0.15, 0.2) is 0 Å². The summed E-state index contributed by atoms with van der Waals surface area (Å²) in [5.74, 6) is 1.13. The minimum atomic E-state index is -0.115. The van der Waals surface area contributed by atoms with Crippen molar-refractivity contribution in [2.75, 3.05) is 18.5 Å². The number of benzene rings is 1. The second kappa shape index (κ2) is 6.64. The van der Waals surface area contributed by atoms with Crippen LogP contribution in [0.5, 0.6) is 5.75 Å². The third kappa shape index (κ3) is 3.65. The summed E-state index contributed by atoms with van der Waals surface area (Å²) < 4.78 is 10.7.